The van der Waals surface area contributed by atoms with Crippen LogP contribution in [-0.4, -0.2) is 25.2 Å². The number of rotatable bonds is 13. The molecule has 1 aliphatic carbocycles. The molecule has 0 aromatic carbocycles. The van der Waals surface area contributed by atoms with Crippen molar-refractivity contribution >= 4 is 11.9 Å². The first-order valence-corrected chi connectivity index (χ1v) is 10.5. The lowest BCUT2D eigenvalue weighted by molar-refractivity contribution is -0.161. The highest BCUT2D eigenvalue weighted by Gasteiger charge is 2.36. The first-order chi connectivity index (χ1) is 12.6. The lowest BCUT2D eigenvalue weighted by Gasteiger charge is -2.25. The Morgan fingerprint density at radius 1 is 0.846 bits per heavy atom. The van der Waals surface area contributed by atoms with Crippen molar-refractivity contribution in [3.05, 3.63) is 12.2 Å². The largest absolute Gasteiger partial charge is 0.465 e. The van der Waals surface area contributed by atoms with E-state index in [0.717, 1.165) is 19.3 Å². The molecule has 0 aromatic rings. The highest BCUT2D eigenvalue weighted by atomic mass is 16.5. The van der Waals surface area contributed by atoms with Crippen molar-refractivity contribution in [1.29, 1.82) is 0 Å². The van der Waals surface area contributed by atoms with Crippen molar-refractivity contribution in [2.24, 2.45) is 17.8 Å². The van der Waals surface area contributed by atoms with Crippen LogP contribution >= 0.6 is 0 Å². The lowest BCUT2D eigenvalue weighted by atomic mass is 9.83. The maximum atomic E-state index is 12.4. The van der Waals surface area contributed by atoms with E-state index in [0.29, 0.717) is 32.0 Å². The standard InChI is InChI=1S/C22H38O4/c1-4-5-6-7-8-9-12-16-25-21(23)19-13-10-11-14-20(19)22(24)26-17-15-18(2)3/h10-11,18-20H,4-9,12-17H2,1-3H3. The number of esters is 2. The summed E-state index contributed by atoms with van der Waals surface area (Å²) in [7, 11) is 0. The lowest BCUT2D eigenvalue weighted by Crippen LogP contribution is -2.34. The number of hydrogen-bond donors (Lipinski definition) is 0. The van der Waals surface area contributed by atoms with Gasteiger partial charge in [0.05, 0.1) is 25.0 Å². The van der Waals surface area contributed by atoms with Gasteiger partial charge in [-0.2, -0.15) is 0 Å². The third-order valence-electron chi connectivity index (χ3n) is 4.97. The second-order valence-corrected chi connectivity index (χ2v) is 7.79. The molecule has 0 amide bonds. The Bertz CT molecular complexity index is 428. The fourth-order valence-corrected chi connectivity index (χ4v) is 3.18. The number of allylic oxidation sites excluding steroid dienone is 2. The van der Waals surface area contributed by atoms with E-state index in [9.17, 15) is 9.59 Å². The maximum absolute atomic E-state index is 12.4. The quantitative estimate of drug-likeness (QED) is 0.247. The molecule has 1 rings (SSSR count). The topological polar surface area (TPSA) is 52.6 Å². The van der Waals surface area contributed by atoms with E-state index < -0.39 is 11.8 Å². The van der Waals surface area contributed by atoms with Crippen LogP contribution in [-0.2, 0) is 19.1 Å². The molecule has 0 radical (unpaired) electrons. The summed E-state index contributed by atoms with van der Waals surface area (Å²) in [4.78, 5) is 24.7. The third-order valence-corrected chi connectivity index (χ3v) is 4.97. The van der Waals surface area contributed by atoms with Gasteiger partial charge in [-0.25, -0.2) is 0 Å². The van der Waals surface area contributed by atoms with E-state index >= 15 is 0 Å². The Labute approximate surface area is 159 Å². The molecule has 26 heavy (non-hydrogen) atoms. The predicted octanol–water partition coefficient (Wildman–Crippen LogP) is 5.45. The molecule has 0 aromatic heterocycles. The Hall–Kier alpha value is -1.32. The zero-order valence-electron chi connectivity index (χ0n) is 17.0. The highest BCUT2D eigenvalue weighted by Crippen LogP contribution is 2.28. The Kier molecular flexibility index (Phi) is 12.1. The molecule has 0 saturated carbocycles. The first kappa shape index (κ1) is 22.7. The minimum absolute atomic E-state index is 0.244. The normalized spacial score (nSPS) is 19.5. The maximum Gasteiger partial charge on any atom is 0.310 e. The first-order valence-electron chi connectivity index (χ1n) is 10.5. The summed E-state index contributed by atoms with van der Waals surface area (Å²) in [5.74, 6) is -0.791. The molecule has 1 aliphatic rings. The van der Waals surface area contributed by atoms with Gasteiger partial charge in [0.2, 0.25) is 0 Å². The van der Waals surface area contributed by atoms with Crippen molar-refractivity contribution in [3.63, 3.8) is 0 Å². The van der Waals surface area contributed by atoms with E-state index in [1.165, 1.54) is 32.1 Å². The van der Waals surface area contributed by atoms with Crippen molar-refractivity contribution in [2.45, 2.75) is 85.0 Å². The molecule has 4 nitrogen and oxygen atoms in total. The monoisotopic (exact) mass is 366 g/mol. The van der Waals surface area contributed by atoms with Gasteiger partial charge in [-0.1, -0.05) is 71.4 Å². The van der Waals surface area contributed by atoms with E-state index in [4.69, 9.17) is 9.47 Å². The summed E-state index contributed by atoms with van der Waals surface area (Å²) in [6, 6.07) is 0. The van der Waals surface area contributed by atoms with Gasteiger partial charge >= 0.3 is 11.9 Å². The molecule has 0 fully saturated rings. The molecule has 0 heterocycles. The van der Waals surface area contributed by atoms with Crippen molar-refractivity contribution in [1.82, 2.24) is 0 Å². The van der Waals surface area contributed by atoms with Crippen molar-refractivity contribution in [2.75, 3.05) is 13.2 Å². The number of unbranched alkanes of at least 4 members (excludes halogenated alkanes) is 6. The minimum Gasteiger partial charge on any atom is -0.465 e. The van der Waals surface area contributed by atoms with Crippen LogP contribution in [0.4, 0.5) is 0 Å². The summed E-state index contributed by atoms with van der Waals surface area (Å²) < 4.78 is 10.8. The average Bonchev–Trinajstić information content (AvgIpc) is 2.63. The van der Waals surface area contributed by atoms with Gasteiger partial charge in [-0.05, 0) is 31.6 Å². The summed E-state index contributed by atoms with van der Waals surface area (Å²) >= 11 is 0. The molecular formula is C22H38O4. The van der Waals surface area contributed by atoms with Gasteiger partial charge in [-0.15, -0.1) is 0 Å². The number of hydrogen-bond acceptors (Lipinski definition) is 4. The van der Waals surface area contributed by atoms with Gasteiger partial charge in [0.25, 0.3) is 0 Å². The van der Waals surface area contributed by atoms with Gasteiger partial charge < -0.3 is 9.47 Å². The fraction of sp³-hybridized carbons (Fsp3) is 0.818. The molecule has 0 aliphatic heterocycles. The Morgan fingerprint density at radius 2 is 1.35 bits per heavy atom. The zero-order chi connectivity index (χ0) is 19.2. The number of carbonyl (C=O) groups is 2. The SMILES string of the molecule is CCCCCCCCCOC(=O)C1CC=CCC1C(=O)OCCC(C)C. The van der Waals surface area contributed by atoms with Crippen LogP contribution < -0.4 is 0 Å². The van der Waals surface area contributed by atoms with Gasteiger partial charge in [0, 0.05) is 0 Å². The second-order valence-electron chi connectivity index (χ2n) is 7.79. The van der Waals surface area contributed by atoms with E-state index in [1.807, 2.05) is 12.2 Å². The zero-order valence-corrected chi connectivity index (χ0v) is 17.0. The molecule has 0 spiro atoms. The van der Waals surface area contributed by atoms with E-state index in [2.05, 4.69) is 20.8 Å². The molecule has 2 atom stereocenters. The van der Waals surface area contributed by atoms with Crippen LogP contribution in [0.1, 0.15) is 85.0 Å². The van der Waals surface area contributed by atoms with Crippen molar-refractivity contribution < 1.29 is 19.1 Å². The smallest absolute Gasteiger partial charge is 0.310 e. The Balaban J connectivity index is 2.28. The summed E-state index contributed by atoms with van der Waals surface area (Å²) in [6.07, 6.45) is 14.3. The van der Waals surface area contributed by atoms with Crippen LogP contribution in [0.2, 0.25) is 0 Å². The molecule has 0 bridgehead atoms. The summed E-state index contributed by atoms with van der Waals surface area (Å²) in [6.45, 7) is 7.30. The van der Waals surface area contributed by atoms with Gasteiger partial charge in [0.1, 0.15) is 0 Å². The van der Waals surface area contributed by atoms with Crippen LogP contribution in [0, 0.1) is 17.8 Å². The summed E-state index contributed by atoms with van der Waals surface area (Å²) in [5, 5.41) is 0. The molecule has 0 N–H and O–H groups in total. The molecular weight excluding hydrogens is 328 g/mol. The van der Waals surface area contributed by atoms with Crippen molar-refractivity contribution in [3.8, 4) is 0 Å². The van der Waals surface area contributed by atoms with Crippen LogP contribution in [0.5, 0.6) is 0 Å². The fourth-order valence-electron chi connectivity index (χ4n) is 3.18. The van der Waals surface area contributed by atoms with E-state index in [-0.39, 0.29) is 11.9 Å². The van der Waals surface area contributed by atoms with Gasteiger partial charge in [-0.3, -0.25) is 9.59 Å². The van der Waals surface area contributed by atoms with Crippen LogP contribution in [0.25, 0.3) is 0 Å². The predicted molar refractivity (Wildman–Crippen MR) is 105 cm³/mol. The molecule has 2 unspecified atom stereocenters. The molecule has 150 valence electrons. The Morgan fingerprint density at radius 3 is 1.88 bits per heavy atom. The minimum atomic E-state index is -0.395. The van der Waals surface area contributed by atoms with Crippen LogP contribution in [0.15, 0.2) is 12.2 Å². The average molecular weight is 367 g/mol. The second kappa shape index (κ2) is 13.8. The third kappa shape index (κ3) is 9.40. The molecule has 4 heteroatoms. The van der Waals surface area contributed by atoms with E-state index in [1.54, 1.807) is 0 Å². The molecule has 0 saturated heterocycles. The number of ether oxygens (including phenoxy) is 2. The number of carbonyl (C=O) groups excluding carboxylic acids is 2. The van der Waals surface area contributed by atoms with Crippen LogP contribution in [0.3, 0.4) is 0 Å². The highest BCUT2D eigenvalue weighted by molar-refractivity contribution is 5.82. The summed E-state index contributed by atoms with van der Waals surface area (Å²) in [5.41, 5.74) is 0. The van der Waals surface area contributed by atoms with Gasteiger partial charge in [0.15, 0.2) is 0 Å².